The minimum absolute atomic E-state index is 0.0413. The third-order valence-corrected chi connectivity index (χ3v) is 4.91. The number of fused-ring (bicyclic) bond motifs is 1. The molecule has 1 aliphatic carbocycles. The minimum Gasteiger partial charge on any atom is -0.304 e. The highest BCUT2D eigenvalue weighted by Gasteiger charge is 2.16. The van der Waals surface area contributed by atoms with Gasteiger partial charge in [-0.1, -0.05) is 12.8 Å². The van der Waals surface area contributed by atoms with Gasteiger partial charge in [0.15, 0.2) is 5.82 Å². The number of nitrogens with one attached hydrogen (secondary N) is 1. The molecule has 0 aromatic carbocycles. The van der Waals surface area contributed by atoms with Crippen molar-refractivity contribution in [2.24, 2.45) is 7.05 Å². The summed E-state index contributed by atoms with van der Waals surface area (Å²) in [5.41, 5.74) is 1.38. The van der Waals surface area contributed by atoms with Crippen LogP contribution < -0.4 is 5.32 Å². The average molecular weight is 289 g/mol. The van der Waals surface area contributed by atoms with Crippen molar-refractivity contribution in [1.29, 1.82) is 0 Å². The number of aromatic nitrogens is 2. The van der Waals surface area contributed by atoms with Gasteiger partial charge < -0.3 is 5.32 Å². The zero-order valence-electron chi connectivity index (χ0n) is 11.7. The van der Waals surface area contributed by atoms with E-state index in [9.17, 15) is 4.79 Å². The summed E-state index contributed by atoms with van der Waals surface area (Å²) in [6, 6.07) is 3.88. The molecule has 106 valence electrons. The van der Waals surface area contributed by atoms with Crippen molar-refractivity contribution >= 4 is 23.1 Å². The Labute approximate surface area is 122 Å². The maximum absolute atomic E-state index is 12.3. The molecule has 0 spiro atoms. The van der Waals surface area contributed by atoms with Crippen LogP contribution in [-0.4, -0.2) is 15.7 Å². The maximum atomic E-state index is 12.3. The number of aryl methyl sites for hydroxylation is 3. The molecule has 4 nitrogen and oxygen atoms in total. The molecular weight excluding hydrogens is 270 g/mol. The van der Waals surface area contributed by atoms with E-state index in [0.717, 1.165) is 17.7 Å². The highest BCUT2D eigenvalue weighted by Crippen LogP contribution is 2.28. The van der Waals surface area contributed by atoms with Crippen molar-refractivity contribution in [3.63, 3.8) is 0 Å². The average Bonchev–Trinajstić information content (AvgIpc) is 2.96. The first kappa shape index (κ1) is 13.4. The van der Waals surface area contributed by atoms with Gasteiger partial charge in [0.25, 0.3) is 5.91 Å². The molecule has 2 aromatic rings. The van der Waals surface area contributed by atoms with Gasteiger partial charge in [-0.3, -0.25) is 9.48 Å². The van der Waals surface area contributed by atoms with E-state index < -0.39 is 0 Å². The Morgan fingerprint density at radius 1 is 1.30 bits per heavy atom. The lowest BCUT2D eigenvalue weighted by Crippen LogP contribution is -2.10. The van der Waals surface area contributed by atoms with E-state index in [0.29, 0.717) is 5.82 Å². The molecule has 0 bridgehead atoms. The van der Waals surface area contributed by atoms with Crippen molar-refractivity contribution in [2.75, 3.05) is 5.32 Å². The Kier molecular flexibility index (Phi) is 3.87. The number of rotatable bonds is 2. The van der Waals surface area contributed by atoms with E-state index in [1.165, 1.54) is 36.1 Å². The summed E-state index contributed by atoms with van der Waals surface area (Å²) in [7, 11) is 1.84. The van der Waals surface area contributed by atoms with Gasteiger partial charge in [0.1, 0.15) is 0 Å². The van der Waals surface area contributed by atoms with Crippen molar-refractivity contribution < 1.29 is 4.79 Å². The van der Waals surface area contributed by atoms with Crippen molar-refractivity contribution in [3.05, 3.63) is 33.6 Å². The third-order valence-electron chi connectivity index (χ3n) is 3.68. The van der Waals surface area contributed by atoms with Gasteiger partial charge in [-0.2, -0.15) is 5.10 Å². The molecule has 3 rings (SSSR count). The first-order valence-corrected chi connectivity index (χ1v) is 7.96. The van der Waals surface area contributed by atoms with Gasteiger partial charge in [-0.05, 0) is 37.3 Å². The third kappa shape index (κ3) is 2.93. The zero-order valence-corrected chi connectivity index (χ0v) is 12.5. The van der Waals surface area contributed by atoms with E-state index in [4.69, 9.17) is 0 Å². The van der Waals surface area contributed by atoms with Crippen LogP contribution in [0.25, 0.3) is 0 Å². The van der Waals surface area contributed by atoms with Gasteiger partial charge in [-0.25, -0.2) is 0 Å². The maximum Gasteiger partial charge on any atom is 0.266 e. The van der Waals surface area contributed by atoms with Crippen molar-refractivity contribution in [1.82, 2.24) is 9.78 Å². The Balaban J connectivity index is 1.76. The number of nitrogens with zero attached hydrogens (tertiary/aromatic N) is 2. The Bertz CT molecular complexity index is 589. The van der Waals surface area contributed by atoms with Crippen LogP contribution in [-0.2, 0) is 19.9 Å². The topological polar surface area (TPSA) is 46.9 Å². The summed E-state index contributed by atoms with van der Waals surface area (Å²) in [5, 5.41) is 7.04. The molecule has 0 atom stereocenters. The predicted molar refractivity (Wildman–Crippen MR) is 81.4 cm³/mol. The summed E-state index contributed by atoms with van der Waals surface area (Å²) < 4.78 is 1.68. The van der Waals surface area contributed by atoms with Crippen molar-refractivity contribution in [3.8, 4) is 0 Å². The minimum atomic E-state index is -0.0413. The number of hydrogen-bond acceptors (Lipinski definition) is 3. The summed E-state index contributed by atoms with van der Waals surface area (Å²) >= 11 is 1.65. The van der Waals surface area contributed by atoms with Crippen LogP contribution in [0.5, 0.6) is 0 Å². The Morgan fingerprint density at radius 2 is 2.10 bits per heavy atom. The molecule has 5 heteroatoms. The van der Waals surface area contributed by atoms with Gasteiger partial charge in [-0.15, -0.1) is 11.3 Å². The van der Waals surface area contributed by atoms with Crippen LogP contribution in [0.4, 0.5) is 5.82 Å². The molecule has 20 heavy (non-hydrogen) atoms. The smallest absolute Gasteiger partial charge is 0.266 e. The molecular formula is C15H19N3OS. The second-order valence-corrected chi connectivity index (χ2v) is 6.44. The Hall–Kier alpha value is -1.62. The highest BCUT2D eigenvalue weighted by atomic mass is 32.1. The predicted octanol–water partition coefficient (Wildman–Crippen LogP) is 3.39. The molecule has 0 fully saturated rings. The largest absolute Gasteiger partial charge is 0.304 e. The molecule has 0 saturated carbocycles. The lowest BCUT2D eigenvalue weighted by Gasteiger charge is -2.07. The fraction of sp³-hybridized carbons (Fsp3) is 0.467. The lowest BCUT2D eigenvalue weighted by atomic mass is 10.00. The van der Waals surface area contributed by atoms with Crippen LogP contribution >= 0.6 is 11.3 Å². The number of carbonyl (C=O) groups is 1. The summed E-state index contributed by atoms with van der Waals surface area (Å²) in [6.45, 7) is 0. The number of carbonyl (C=O) groups excluding carboxylic acids is 1. The first-order valence-electron chi connectivity index (χ1n) is 7.15. The monoisotopic (exact) mass is 289 g/mol. The molecule has 0 saturated heterocycles. The molecule has 0 aliphatic heterocycles. The van der Waals surface area contributed by atoms with Gasteiger partial charge in [0, 0.05) is 24.2 Å². The number of hydrogen-bond donors (Lipinski definition) is 1. The molecule has 2 aromatic heterocycles. The van der Waals surface area contributed by atoms with Crippen molar-refractivity contribution in [2.45, 2.75) is 38.5 Å². The summed E-state index contributed by atoms with van der Waals surface area (Å²) in [4.78, 5) is 14.5. The number of anilines is 1. The van der Waals surface area contributed by atoms with Crippen LogP contribution in [0.2, 0.25) is 0 Å². The van der Waals surface area contributed by atoms with E-state index in [2.05, 4.69) is 16.5 Å². The van der Waals surface area contributed by atoms with E-state index in [-0.39, 0.29) is 5.91 Å². The second-order valence-electron chi connectivity index (χ2n) is 5.30. The first-order chi connectivity index (χ1) is 9.72. The van der Waals surface area contributed by atoms with E-state index >= 15 is 0 Å². The van der Waals surface area contributed by atoms with Gasteiger partial charge in [0.2, 0.25) is 0 Å². The normalized spacial score (nSPS) is 15.2. The molecule has 2 heterocycles. The number of thiophene rings is 1. The highest BCUT2D eigenvalue weighted by molar-refractivity contribution is 7.14. The quantitative estimate of drug-likeness (QED) is 0.921. The molecule has 1 amide bonds. The molecule has 0 unspecified atom stereocenters. The molecule has 1 N–H and O–H groups in total. The standard InChI is InChI=1S/C15H19N3OS/c1-18-9-8-14(17-18)16-15(19)13-10-11-6-4-2-3-5-7-12(11)20-13/h8-10H,2-7H2,1H3,(H,16,17,19). The molecule has 1 aliphatic rings. The summed E-state index contributed by atoms with van der Waals surface area (Å²) in [6.07, 6.45) is 9.17. The van der Waals surface area contributed by atoms with Crippen LogP contribution in [0.1, 0.15) is 45.8 Å². The van der Waals surface area contributed by atoms with E-state index in [1.807, 2.05) is 19.3 Å². The number of amides is 1. The Morgan fingerprint density at radius 3 is 2.85 bits per heavy atom. The van der Waals surface area contributed by atoms with Crippen LogP contribution in [0.15, 0.2) is 18.3 Å². The van der Waals surface area contributed by atoms with Gasteiger partial charge in [0.05, 0.1) is 4.88 Å². The SMILES string of the molecule is Cn1ccc(NC(=O)c2cc3c(s2)CCCCCC3)n1. The lowest BCUT2D eigenvalue weighted by molar-refractivity contribution is 0.103. The molecule has 0 radical (unpaired) electrons. The zero-order chi connectivity index (χ0) is 13.9. The summed E-state index contributed by atoms with van der Waals surface area (Å²) in [5.74, 6) is 0.568. The van der Waals surface area contributed by atoms with Crippen LogP contribution in [0.3, 0.4) is 0 Å². The fourth-order valence-electron chi connectivity index (χ4n) is 2.62. The fourth-order valence-corrected chi connectivity index (χ4v) is 3.76. The second kappa shape index (κ2) is 5.79. The van der Waals surface area contributed by atoms with Crippen LogP contribution in [0, 0.1) is 0 Å². The van der Waals surface area contributed by atoms with Gasteiger partial charge >= 0.3 is 0 Å². The van der Waals surface area contributed by atoms with E-state index in [1.54, 1.807) is 16.0 Å².